The number of hydrogen-bond acceptors (Lipinski definition) is 5. The van der Waals surface area contributed by atoms with E-state index < -0.39 is 39.9 Å². The molecule has 1 aliphatic heterocycles. The number of halogens is 1. The van der Waals surface area contributed by atoms with Gasteiger partial charge in [0.15, 0.2) is 17.1 Å². The highest BCUT2D eigenvalue weighted by Gasteiger charge is 2.78. The Morgan fingerprint density at radius 2 is 1.97 bits per heavy atom. The number of carbonyl (C=O) groups excluding carboxylic acids is 2. The molecule has 31 heavy (non-hydrogen) atoms. The van der Waals surface area contributed by atoms with Crippen LogP contribution >= 0.6 is 0 Å². The highest BCUT2D eigenvalue weighted by atomic mass is 19.1. The predicted octanol–water partition coefficient (Wildman–Crippen LogP) is 4.12. The summed E-state index contributed by atoms with van der Waals surface area (Å²) in [6.45, 7) is 7.48. The SMILES string of the molecule is CCC1=C(O)C(=O)[C@@]2(O1)[C@@H](C)C[C@H]1[C@@H]3CCC4=CC(=O)C=C[C@]4(C)[C@@]3(F)[C@@H](O)C[C@@]12C. The normalized spacial score (nSPS) is 50.8. The maximum absolute atomic E-state index is 17.1. The number of allylic oxidation sites excluding steroid dienone is 5. The van der Waals surface area contributed by atoms with E-state index in [0.717, 1.165) is 5.57 Å². The Bertz CT molecular complexity index is 980. The molecule has 1 heterocycles. The lowest BCUT2D eigenvalue weighted by Gasteiger charge is -2.62. The molecule has 0 radical (unpaired) electrons. The Morgan fingerprint density at radius 3 is 2.61 bits per heavy atom. The van der Waals surface area contributed by atoms with Gasteiger partial charge in [-0.1, -0.05) is 32.4 Å². The van der Waals surface area contributed by atoms with Crippen molar-refractivity contribution in [1.82, 2.24) is 0 Å². The quantitative estimate of drug-likeness (QED) is 0.654. The standard InChI is InChI=1S/C25H31FO5/c1-5-18-20(29)21(30)25(31-18)13(2)10-17-16-7-6-14-11-15(27)8-9-22(14,3)24(16,26)19(28)12-23(17,25)4/h8-9,11,13,16-17,19,28-29H,5-7,10,12H2,1-4H3/t13-,16-,17-,19-,22-,23-,24-,25-/m0/s1. The molecule has 8 atom stereocenters. The number of aliphatic hydroxyl groups excluding tert-OH is 2. The first-order valence-corrected chi connectivity index (χ1v) is 11.4. The van der Waals surface area contributed by atoms with Gasteiger partial charge in [0.25, 0.3) is 0 Å². The molecule has 0 saturated heterocycles. The van der Waals surface area contributed by atoms with Crippen LogP contribution in [0, 0.1) is 28.6 Å². The van der Waals surface area contributed by atoms with Crippen molar-refractivity contribution in [3.05, 3.63) is 35.3 Å². The second-order valence-electron chi connectivity index (χ2n) is 10.7. The number of rotatable bonds is 1. The van der Waals surface area contributed by atoms with Crippen LogP contribution in [-0.2, 0) is 14.3 Å². The van der Waals surface area contributed by atoms with Gasteiger partial charge in [0.05, 0.1) is 6.10 Å². The van der Waals surface area contributed by atoms with Gasteiger partial charge in [-0.25, -0.2) is 4.39 Å². The van der Waals surface area contributed by atoms with Gasteiger partial charge in [-0.2, -0.15) is 0 Å². The number of alkyl halides is 1. The van der Waals surface area contributed by atoms with Gasteiger partial charge in [0.2, 0.25) is 11.5 Å². The first-order chi connectivity index (χ1) is 14.5. The molecule has 0 aromatic rings. The molecule has 5 rings (SSSR count). The van der Waals surface area contributed by atoms with E-state index in [1.54, 1.807) is 13.0 Å². The number of Topliss-reactive ketones (excluding diaryl/α,β-unsaturated/α-hetero) is 1. The van der Waals surface area contributed by atoms with Crippen LogP contribution in [-0.4, -0.2) is 39.2 Å². The summed E-state index contributed by atoms with van der Waals surface area (Å²) in [6, 6.07) is 0. The summed E-state index contributed by atoms with van der Waals surface area (Å²) in [7, 11) is 0. The van der Waals surface area contributed by atoms with E-state index in [9.17, 15) is 19.8 Å². The molecule has 4 aliphatic carbocycles. The number of ether oxygens (including phenoxy) is 1. The average Bonchev–Trinajstić information content (AvgIpc) is 3.11. The summed E-state index contributed by atoms with van der Waals surface area (Å²) in [5.41, 5.74) is -4.33. The average molecular weight is 431 g/mol. The van der Waals surface area contributed by atoms with Crippen LogP contribution in [0.25, 0.3) is 0 Å². The van der Waals surface area contributed by atoms with Crippen molar-refractivity contribution in [3.8, 4) is 0 Å². The highest BCUT2D eigenvalue weighted by Crippen LogP contribution is 2.72. The molecule has 168 valence electrons. The fraction of sp³-hybridized carbons (Fsp3) is 0.680. The molecular weight excluding hydrogens is 399 g/mol. The van der Waals surface area contributed by atoms with Crippen LogP contribution in [0.3, 0.4) is 0 Å². The third-order valence-electron chi connectivity index (χ3n) is 9.60. The maximum Gasteiger partial charge on any atom is 0.244 e. The van der Waals surface area contributed by atoms with Gasteiger partial charge >= 0.3 is 0 Å². The van der Waals surface area contributed by atoms with Crippen molar-refractivity contribution < 1.29 is 28.9 Å². The van der Waals surface area contributed by atoms with E-state index in [-0.39, 0.29) is 29.8 Å². The second-order valence-corrected chi connectivity index (χ2v) is 10.7. The van der Waals surface area contributed by atoms with Gasteiger partial charge < -0.3 is 14.9 Å². The fourth-order valence-electron chi connectivity index (χ4n) is 8.06. The number of aliphatic hydroxyl groups is 2. The van der Waals surface area contributed by atoms with E-state index in [4.69, 9.17) is 4.74 Å². The number of hydrogen-bond donors (Lipinski definition) is 2. The van der Waals surface area contributed by atoms with E-state index in [1.165, 1.54) is 12.2 Å². The topological polar surface area (TPSA) is 83.8 Å². The van der Waals surface area contributed by atoms with Crippen LogP contribution < -0.4 is 0 Å². The number of carbonyl (C=O) groups is 2. The lowest BCUT2D eigenvalue weighted by Crippen LogP contribution is -2.69. The van der Waals surface area contributed by atoms with E-state index >= 15 is 4.39 Å². The predicted molar refractivity (Wildman–Crippen MR) is 112 cm³/mol. The van der Waals surface area contributed by atoms with E-state index in [2.05, 4.69) is 0 Å². The van der Waals surface area contributed by atoms with E-state index in [1.807, 2.05) is 20.8 Å². The molecule has 6 heteroatoms. The summed E-state index contributed by atoms with van der Waals surface area (Å²) in [5, 5.41) is 21.9. The van der Waals surface area contributed by atoms with Crippen molar-refractivity contribution in [3.63, 3.8) is 0 Å². The van der Waals surface area contributed by atoms with Gasteiger partial charge in [-0.15, -0.1) is 0 Å². The number of fused-ring (bicyclic) bond motifs is 6. The van der Waals surface area contributed by atoms with Crippen molar-refractivity contribution >= 4 is 11.6 Å². The zero-order valence-electron chi connectivity index (χ0n) is 18.6. The van der Waals surface area contributed by atoms with Crippen molar-refractivity contribution in [2.75, 3.05) is 0 Å². The summed E-state index contributed by atoms with van der Waals surface area (Å²) in [5.74, 6) is -1.48. The van der Waals surface area contributed by atoms with Crippen molar-refractivity contribution in [2.45, 2.75) is 77.2 Å². The Balaban J connectivity index is 1.62. The molecule has 0 unspecified atom stereocenters. The molecule has 2 N–H and O–H groups in total. The lowest BCUT2D eigenvalue weighted by atomic mass is 9.44. The summed E-state index contributed by atoms with van der Waals surface area (Å²) >= 11 is 0. The first kappa shape index (κ1) is 20.9. The smallest absolute Gasteiger partial charge is 0.244 e. The molecule has 3 saturated carbocycles. The van der Waals surface area contributed by atoms with E-state index in [0.29, 0.717) is 31.4 Å². The Hall–Kier alpha value is -1.95. The maximum atomic E-state index is 17.1. The summed E-state index contributed by atoms with van der Waals surface area (Å²) in [4.78, 5) is 25.3. The first-order valence-electron chi connectivity index (χ1n) is 11.4. The lowest BCUT2D eigenvalue weighted by molar-refractivity contribution is -0.218. The molecule has 1 spiro atoms. The van der Waals surface area contributed by atoms with Gasteiger partial charge in [0, 0.05) is 29.1 Å². The molecule has 3 fully saturated rings. The van der Waals surface area contributed by atoms with Crippen LogP contribution in [0.4, 0.5) is 4.39 Å². The fourth-order valence-corrected chi connectivity index (χ4v) is 8.06. The van der Waals surface area contributed by atoms with Gasteiger partial charge in [0.1, 0.15) is 5.76 Å². The Kier molecular flexibility index (Phi) is 4.11. The summed E-state index contributed by atoms with van der Waals surface area (Å²) < 4.78 is 23.4. The minimum Gasteiger partial charge on any atom is -0.502 e. The monoisotopic (exact) mass is 430 g/mol. The summed E-state index contributed by atoms with van der Waals surface area (Å²) in [6.07, 6.45) is 5.39. The third-order valence-corrected chi connectivity index (χ3v) is 9.60. The molecular formula is C25H31FO5. The van der Waals surface area contributed by atoms with Crippen molar-refractivity contribution in [2.24, 2.45) is 28.6 Å². The third kappa shape index (κ3) is 2.11. The minimum absolute atomic E-state index is 0.0652. The minimum atomic E-state index is -1.94. The van der Waals surface area contributed by atoms with Crippen LogP contribution in [0.1, 0.15) is 59.8 Å². The van der Waals surface area contributed by atoms with Crippen LogP contribution in [0.5, 0.6) is 0 Å². The zero-order valence-corrected chi connectivity index (χ0v) is 18.6. The molecule has 5 nitrogen and oxygen atoms in total. The molecule has 0 aromatic heterocycles. The Morgan fingerprint density at radius 1 is 1.26 bits per heavy atom. The van der Waals surface area contributed by atoms with Crippen LogP contribution in [0.2, 0.25) is 0 Å². The second kappa shape index (κ2) is 6.09. The van der Waals surface area contributed by atoms with Crippen LogP contribution in [0.15, 0.2) is 35.3 Å². The Labute approximate surface area is 182 Å². The molecule has 0 amide bonds. The van der Waals surface area contributed by atoms with Gasteiger partial charge in [-0.05, 0) is 50.7 Å². The van der Waals surface area contributed by atoms with Gasteiger partial charge in [-0.3, -0.25) is 9.59 Å². The molecule has 0 bridgehead atoms. The molecule has 0 aromatic carbocycles. The van der Waals surface area contributed by atoms with Crippen molar-refractivity contribution in [1.29, 1.82) is 0 Å². The highest BCUT2D eigenvalue weighted by molar-refractivity contribution is 6.04. The zero-order chi connectivity index (χ0) is 22.6. The molecule has 5 aliphatic rings. The largest absolute Gasteiger partial charge is 0.502 e. The number of ketones is 2.